The number of allylic oxidation sites excluding steroid dienone is 1. The van der Waals surface area contributed by atoms with E-state index in [9.17, 15) is 18.0 Å². The van der Waals surface area contributed by atoms with E-state index in [1.807, 2.05) is 6.92 Å². The standard InChI is InChI=1S/C22H31N3O5S/c1-17-8-10-19(11-9-17)31(28,29)25-14-5-15-30-20(25)16-24-22(27)21(26)23-13-12-18-6-3-2-4-7-18/h6,8-11,20H,2-5,7,12-16H2,1H3,(H,23,26)(H,24,27)/t20-/m1/s1. The largest absolute Gasteiger partial charge is 0.360 e. The molecule has 1 aromatic carbocycles. The van der Waals surface area contributed by atoms with Gasteiger partial charge >= 0.3 is 11.8 Å². The van der Waals surface area contributed by atoms with E-state index in [0.29, 0.717) is 19.6 Å². The zero-order valence-corrected chi connectivity index (χ0v) is 18.7. The second-order valence-corrected chi connectivity index (χ2v) is 9.82. The molecule has 31 heavy (non-hydrogen) atoms. The molecule has 0 bridgehead atoms. The number of benzene rings is 1. The van der Waals surface area contributed by atoms with E-state index in [-0.39, 0.29) is 18.0 Å². The molecule has 1 aliphatic carbocycles. The summed E-state index contributed by atoms with van der Waals surface area (Å²) in [6, 6.07) is 6.60. The van der Waals surface area contributed by atoms with Gasteiger partial charge in [-0.05, 0) is 57.6 Å². The first kappa shape index (κ1) is 23.4. The number of aryl methyl sites for hydroxylation is 1. The highest BCUT2D eigenvalue weighted by Gasteiger charge is 2.34. The van der Waals surface area contributed by atoms with Gasteiger partial charge in [-0.15, -0.1) is 0 Å². The molecular weight excluding hydrogens is 418 g/mol. The van der Waals surface area contributed by atoms with Crippen molar-refractivity contribution in [3.05, 3.63) is 41.5 Å². The number of amides is 2. The molecule has 170 valence electrons. The van der Waals surface area contributed by atoms with Gasteiger partial charge in [0.15, 0.2) is 0 Å². The zero-order valence-electron chi connectivity index (χ0n) is 17.9. The van der Waals surface area contributed by atoms with Crippen LogP contribution >= 0.6 is 0 Å². The maximum atomic E-state index is 13.0. The summed E-state index contributed by atoms with van der Waals surface area (Å²) >= 11 is 0. The van der Waals surface area contributed by atoms with Gasteiger partial charge in [0, 0.05) is 13.1 Å². The van der Waals surface area contributed by atoms with Crippen LogP contribution in [0, 0.1) is 6.92 Å². The van der Waals surface area contributed by atoms with Crippen molar-refractivity contribution in [1.29, 1.82) is 0 Å². The number of carbonyl (C=O) groups is 2. The number of hydrogen-bond donors (Lipinski definition) is 2. The molecule has 8 nitrogen and oxygen atoms in total. The Balaban J connectivity index is 1.52. The smallest absolute Gasteiger partial charge is 0.309 e. The SMILES string of the molecule is Cc1ccc(S(=O)(=O)N2CCCO[C@@H]2CNC(=O)C(=O)NCCC2=CCCCC2)cc1. The zero-order chi connectivity index (χ0) is 22.3. The minimum absolute atomic E-state index is 0.0947. The molecule has 3 rings (SSSR count). The fourth-order valence-corrected chi connectivity index (χ4v) is 5.32. The molecule has 0 saturated carbocycles. The van der Waals surface area contributed by atoms with Gasteiger partial charge in [-0.25, -0.2) is 8.42 Å². The third-order valence-electron chi connectivity index (χ3n) is 5.54. The van der Waals surface area contributed by atoms with Crippen LogP contribution in [0.3, 0.4) is 0 Å². The van der Waals surface area contributed by atoms with Gasteiger partial charge in [-0.1, -0.05) is 29.3 Å². The lowest BCUT2D eigenvalue weighted by Crippen LogP contribution is -2.53. The highest BCUT2D eigenvalue weighted by atomic mass is 32.2. The fraction of sp³-hybridized carbons (Fsp3) is 0.545. The molecule has 9 heteroatoms. The van der Waals surface area contributed by atoms with Gasteiger partial charge < -0.3 is 15.4 Å². The minimum atomic E-state index is -3.77. The summed E-state index contributed by atoms with van der Waals surface area (Å²) in [7, 11) is -3.77. The Labute approximate surface area is 184 Å². The topological polar surface area (TPSA) is 105 Å². The van der Waals surface area contributed by atoms with Crippen molar-refractivity contribution >= 4 is 21.8 Å². The summed E-state index contributed by atoms with van der Waals surface area (Å²) in [5, 5.41) is 5.13. The van der Waals surface area contributed by atoms with E-state index in [1.165, 1.54) is 22.7 Å². The van der Waals surface area contributed by atoms with Crippen molar-refractivity contribution in [2.45, 2.75) is 56.6 Å². The van der Waals surface area contributed by atoms with Crippen LogP contribution in [0.15, 0.2) is 40.8 Å². The predicted octanol–water partition coefficient (Wildman–Crippen LogP) is 1.86. The van der Waals surface area contributed by atoms with Crippen LogP contribution in [0.4, 0.5) is 0 Å². The van der Waals surface area contributed by atoms with Crippen LogP contribution in [0.25, 0.3) is 0 Å². The normalized spacial score (nSPS) is 20.0. The predicted molar refractivity (Wildman–Crippen MR) is 117 cm³/mol. The number of hydrogen-bond acceptors (Lipinski definition) is 5. The molecule has 2 aliphatic rings. The third kappa shape index (κ3) is 6.38. The maximum absolute atomic E-state index is 13.0. The van der Waals surface area contributed by atoms with E-state index < -0.39 is 28.1 Å². The lowest BCUT2D eigenvalue weighted by atomic mass is 9.97. The Hall–Kier alpha value is -2.23. The lowest BCUT2D eigenvalue weighted by molar-refractivity contribution is -0.140. The number of ether oxygens (including phenoxy) is 1. The molecule has 1 heterocycles. The van der Waals surface area contributed by atoms with Gasteiger partial charge in [-0.2, -0.15) is 4.31 Å². The minimum Gasteiger partial charge on any atom is -0.360 e. The molecule has 2 N–H and O–H groups in total. The van der Waals surface area contributed by atoms with Crippen molar-refractivity contribution in [3.8, 4) is 0 Å². The summed E-state index contributed by atoms with van der Waals surface area (Å²) in [6.07, 6.45) is 7.16. The summed E-state index contributed by atoms with van der Waals surface area (Å²) in [5.74, 6) is -1.51. The van der Waals surface area contributed by atoms with Crippen molar-refractivity contribution < 1.29 is 22.7 Å². The average molecular weight is 450 g/mol. The molecule has 2 amide bonds. The molecule has 1 saturated heterocycles. The molecule has 0 spiro atoms. The highest BCUT2D eigenvalue weighted by Crippen LogP contribution is 2.22. The molecule has 1 aliphatic heterocycles. The van der Waals surface area contributed by atoms with Gasteiger partial charge in [0.2, 0.25) is 10.0 Å². The second-order valence-electron chi connectivity index (χ2n) is 7.93. The average Bonchev–Trinajstić information content (AvgIpc) is 2.78. The number of rotatable bonds is 7. The van der Waals surface area contributed by atoms with E-state index in [2.05, 4.69) is 16.7 Å². The molecule has 1 atom stereocenters. The molecular formula is C22H31N3O5S. The quantitative estimate of drug-likeness (QED) is 0.488. The highest BCUT2D eigenvalue weighted by molar-refractivity contribution is 7.89. The van der Waals surface area contributed by atoms with E-state index in [1.54, 1.807) is 24.3 Å². The monoisotopic (exact) mass is 449 g/mol. The van der Waals surface area contributed by atoms with Crippen LogP contribution < -0.4 is 10.6 Å². The van der Waals surface area contributed by atoms with Gasteiger partial charge in [0.1, 0.15) is 6.23 Å². The van der Waals surface area contributed by atoms with Crippen LogP contribution in [-0.4, -0.2) is 57.0 Å². The number of carbonyl (C=O) groups excluding carboxylic acids is 2. The maximum Gasteiger partial charge on any atom is 0.309 e. The summed E-state index contributed by atoms with van der Waals surface area (Å²) < 4.78 is 32.9. The first-order valence-corrected chi connectivity index (χ1v) is 12.3. The van der Waals surface area contributed by atoms with Gasteiger partial charge in [0.05, 0.1) is 18.0 Å². The summed E-state index contributed by atoms with van der Waals surface area (Å²) in [4.78, 5) is 24.4. The first-order chi connectivity index (χ1) is 14.9. The molecule has 0 unspecified atom stereocenters. The molecule has 1 aromatic rings. The summed E-state index contributed by atoms with van der Waals surface area (Å²) in [6.45, 7) is 2.88. The summed E-state index contributed by atoms with van der Waals surface area (Å²) in [5.41, 5.74) is 2.28. The molecule has 0 aromatic heterocycles. The second kappa shape index (κ2) is 10.9. The number of sulfonamides is 1. The van der Waals surface area contributed by atoms with E-state index >= 15 is 0 Å². The number of nitrogens with one attached hydrogen (secondary N) is 2. The molecule has 1 fully saturated rings. The Morgan fingerprint density at radius 3 is 2.55 bits per heavy atom. The Bertz CT molecular complexity index is 912. The van der Waals surface area contributed by atoms with Crippen molar-refractivity contribution in [1.82, 2.24) is 14.9 Å². The number of nitrogens with zero attached hydrogens (tertiary/aromatic N) is 1. The van der Waals surface area contributed by atoms with E-state index in [0.717, 1.165) is 24.8 Å². The van der Waals surface area contributed by atoms with Crippen LogP contribution in [0.1, 0.15) is 44.1 Å². The first-order valence-electron chi connectivity index (χ1n) is 10.8. The van der Waals surface area contributed by atoms with E-state index in [4.69, 9.17) is 4.74 Å². The van der Waals surface area contributed by atoms with Crippen LogP contribution in [0.5, 0.6) is 0 Å². The lowest BCUT2D eigenvalue weighted by Gasteiger charge is -2.34. The third-order valence-corrected chi connectivity index (χ3v) is 7.45. The van der Waals surface area contributed by atoms with Crippen molar-refractivity contribution in [3.63, 3.8) is 0 Å². The van der Waals surface area contributed by atoms with Crippen molar-refractivity contribution in [2.75, 3.05) is 26.2 Å². The van der Waals surface area contributed by atoms with Gasteiger partial charge in [0.25, 0.3) is 0 Å². The Morgan fingerprint density at radius 2 is 1.84 bits per heavy atom. The molecule has 0 radical (unpaired) electrons. The Morgan fingerprint density at radius 1 is 1.10 bits per heavy atom. The van der Waals surface area contributed by atoms with Crippen LogP contribution in [0.2, 0.25) is 0 Å². The van der Waals surface area contributed by atoms with Gasteiger partial charge in [-0.3, -0.25) is 9.59 Å². The van der Waals surface area contributed by atoms with Crippen molar-refractivity contribution in [2.24, 2.45) is 0 Å². The fourth-order valence-electron chi connectivity index (χ4n) is 3.76. The van der Waals surface area contributed by atoms with Crippen LogP contribution in [-0.2, 0) is 24.3 Å². The Kier molecular flexibility index (Phi) is 8.22.